The fraction of sp³-hybridized carbons (Fsp3) is 0.538. The predicted octanol–water partition coefficient (Wildman–Crippen LogP) is 1.95. The van der Waals surface area contributed by atoms with E-state index in [0.29, 0.717) is 23.8 Å². The Morgan fingerprint density at radius 1 is 1.15 bits per heavy atom. The molecule has 0 spiro atoms. The first-order valence-electron chi connectivity index (χ1n) is 6.94. The molecule has 0 bridgehead atoms. The lowest BCUT2D eigenvalue weighted by Crippen LogP contribution is -2.17. The van der Waals surface area contributed by atoms with Crippen molar-refractivity contribution in [3.05, 3.63) is 18.5 Å². The maximum absolute atomic E-state index is 4.39. The normalized spacial score (nSPS) is 10.8. The molecule has 2 aromatic rings. The maximum Gasteiger partial charge on any atom is 0.257 e. The van der Waals surface area contributed by atoms with Crippen LogP contribution in [0.3, 0.4) is 0 Å². The summed E-state index contributed by atoms with van der Waals surface area (Å²) in [7, 11) is 1.78. The first-order chi connectivity index (χ1) is 9.76. The van der Waals surface area contributed by atoms with E-state index in [1.165, 1.54) is 0 Å². The van der Waals surface area contributed by atoms with Gasteiger partial charge in [0.1, 0.15) is 0 Å². The van der Waals surface area contributed by atoms with Gasteiger partial charge in [-0.3, -0.25) is 0 Å². The van der Waals surface area contributed by atoms with Gasteiger partial charge in [0.2, 0.25) is 11.9 Å². The summed E-state index contributed by atoms with van der Waals surface area (Å²) in [6.07, 6.45) is 5.78. The van der Waals surface area contributed by atoms with Crippen LogP contribution < -0.4 is 10.6 Å². The third-order valence-corrected chi connectivity index (χ3v) is 3.26. The zero-order valence-electron chi connectivity index (χ0n) is 12.2. The molecule has 2 heterocycles. The van der Waals surface area contributed by atoms with E-state index >= 15 is 0 Å². The van der Waals surface area contributed by atoms with Crippen molar-refractivity contribution in [1.29, 1.82) is 0 Å². The summed E-state index contributed by atoms with van der Waals surface area (Å²) >= 11 is 0. The van der Waals surface area contributed by atoms with Gasteiger partial charge in [-0.15, -0.1) is 0 Å². The van der Waals surface area contributed by atoms with Crippen LogP contribution in [0.25, 0.3) is 5.95 Å². The van der Waals surface area contributed by atoms with Crippen molar-refractivity contribution in [3.8, 4) is 5.95 Å². The van der Waals surface area contributed by atoms with E-state index in [-0.39, 0.29) is 0 Å². The standard InChI is InChI=1S/C13H21N7/c1-4-10(5-2)9-15-12-17-11(14-3)18-13(19-12)20-8-6-7-16-20/h6-8,10H,4-5,9H2,1-3H3,(H2,14,15,17,18,19). The van der Waals surface area contributed by atoms with Gasteiger partial charge in [-0.2, -0.15) is 20.1 Å². The van der Waals surface area contributed by atoms with Crippen molar-refractivity contribution in [2.45, 2.75) is 26.7 Å². The van der Waals surface area contributed by atoms with Crippen molar-refractivity contribution < 1.29 is 0 Å². The lowest BCUT2D eigenvalue weighted by molar-refractivity contribution is 0.517. The summed E-state index contributed by atoms with van der Waals surface area (Å²) in [5.74, 6) is 2.22. The first-order valence-corrected chi connectivity index (χ1v) is 6.94. The van der Waals surface area contributed by atoms with Crippen molar-refractivity contribution in [2.24, 2.45) is 5.92 Å². The van der Waals surface area contributed by atoms with Gasteiger partial charge >= 0.3 is 0 Å². The molecule has 0 fully saturated rings. The molecule has 0 amide bonds. The number of nitrogens with zero attached hydrogens (tertiary/aromatic N) is 5. The molecule has 0 radical (unpaired) electrons. The molecule has 0 unspecified atom stereocenters. The third kappa shape index (κ3) is 3.43. The Morgan fingerprint density at radius 2 is 1.90 bits per heavy atom. The molecule has 108 valence electrons. The first kappa shape index (κ1) is 14.2. The second-order valence-electron chi connectivity index (χ2n) is 4.55. The number of aromatic nitrogens is 5. The van der Waals surface area contributed by atoms with Crippen LogP contribution in [0.1, 0.15) is 26.7 Å². The van der Waals surface area contributed by atoms with Crippen LogP contribution in [0.2, 0.25) is 0 Å². The average molecular weight is 275 g/mol. The van der Waals surface area contributed by atoms with Crippen molar-refractivity contribution >= 4 is 11.9 Å². The van der Waals surface area contributed by atoms with Gasteiger partial charge in [-0.25, -0.2) is 4.68 Å². The van der Waals surface area contributed by atoms with E-state index in [0.717, 1.165) is 19.4 Å². The zero-order valence-corrected chi connectivity index (χ0v) is 12.2. The molecule has 2 N–H and O–H groups in total. The fourth-order valence-corrected chi connectivity index (χ4v) is 1.86. The molecule has 7 nitrogen and oxygen atoms in total. The van der Waals surface area contributed by atoms with Crippen molar-refractivity contribution in [2.75, 3.05) is 24.2 Å². The predicted molar refractivity (Wildman–Crippen MR) is 79.1 cm³/mol. The minimum Gasteiger partial charge on any atom is -0.357 e. The molecule has 0 aliphatic heterocycles. The summed E-state index contributed by atoms with van der Waals surface area (Å²) in [5, 5.41) is 10.4. The SMILES string of the molecule is CCC(CC)CNc1nc(NC)nc(-n2cccn2)n1. The van der Waals surface area contributed by atoms with Crippen LogP contribution >= 0.6 is 0 Å². The largest absolute Gasteiger partial charge is 0.357 e. The van der Waals surface area contributed by atoms with E-state index in [4.69, 9.17) is 0 Å². The third-order valence-electron chi connectivity index (χ3n) is 3.26. The minimum atomic E-state index is 0.501. The smallest absolute Gasteiger partial charge is 0.257 e. The van der Waals surface area contributed by atoms with Gasteiger partial charge in [0.25, 0.3) is 5.95 Å². The van der Waals surface area contributed by atoms with Gasteiger partial charge < -0.3 is 10.6 Å². The Morgan fingerprint density at radius 3 is 2.50 bits per heavy atom. The number of hydrogen-bond donors (Lipinski definition) is 2. The Labute approximate surface area is 118 Å². The summed E-state index contributed by atoms with van der Waals surface area (Å²) in [5.41, 5.74) is 0. The molecule has 0 aliphatic rings. The Balaban J connectivity index is 2.18. The Bertz CT molecular complexity index is 520. The number of hydrogen-bond acceptors (Lipinski definition) is 6. The van der Waals surface area contributed by atoms with E-state index in [9.17, 15) is 0 Å². The molecule has 0 atom stereocenters. The van der Waals surface area contributed by atoms with Gasteiger partial charge in [-0.05, 0) is 12.0 Å². The molecule has 0 aromatic carbocycles. The topological polar surface area (TPSA) is 80.5 Å². The molecular formula is C13H21N7. The van der Waals surface area contributed by atoms with Crippen LogP contribution in [0.15, 0.2) is 18.5 Å². The quantitative estimate of drug-likeness (QED) is 0.804. The second-order valence-corrected chi connectivity index (χ2v) is 4.55. The summed E-state index contributed by atoms with van der Waals surface area (Å²) < 4.78 is 1.62. The molecular weight excluding hydrogens is 254 g/mol. The molecule has 0 aliphatic carbocycles. The number of anilines is 2. The van der Waals surface area contributed by atoms with E-state index in [1.54, 1.807) is 24.1 Å². The monoisotopic (exact) mass is 275 g/mol. The molecule has 0 saturated carbocycles. The van der Waals surface area contributed by atoms with Gasteiger partial charge in [0, 0.05) is 26.0 Å². The van der Waals surface area contributed by atoms with Crippen LogP contribution in [0, 0.1) is 5.92 Å². The number of rotatable bonds is 7. The van der Waals surface area contributed by atoms with Gasteiger partial charge in [0.15, 0.2) is 0 Å². The highest BCUT2D eigenvalue weighted by Gasteiger charge is 2.09. The van der Waals surface area contributed by atoms with E-state index < -0.39 is 0 Å². The molecule has 20 heavy (non-hydrogen) atoms. The highest BCUT2D eigenvalue weighted by molar-refractivity contribution is 5.37. The Hall–Kier alpha value is -2.18. The van der Waals surface area contributed by atoms with Crippen LogP contribution in [-0.4, -0.2) is 38.3 Å². The van der Waals surface area contributed by atoms with Crippen molar-refractivity contribution in [3.63, 3.8) is 0 Å². The highest BCUT2D eigenvalue weighted by Crippen LogP contribution is 2.11. The Kier molecular flexibility index (Phi) is 4.86. The van der Waals surface area contributed by atoms with E-state index in [1.807, 2.05) is 6.07 Å². The van der Waals surface area contributed by atoms with Crippen LogP contribution in [0.4, 0.5) is 11.9 Å². The lowest BCUT2D eigenvalue weighted by Gasteiger charge is -2.14. The number of nitrogens with one attached hydrogen (secondary N) is 2. The van der Waals surface area contributed by atoms with Gasteiger partial charge in [-0.1, -0.05) is 26.7 Å². The second kappa shape index (κ2) is 6.83. The van der Waals surface area contributed by atoms with Gasteiger partial charge in [0.05, 0.1) is 0 Å². The van der Waals surface area contributed by atoms with Crippen molar-refractivity contribution in [1.82, 2.24) is 24.7 Å². The zero-order chi connectivity index (χ0) is 14.4. The van der Waals surface area contributed by atoms with E-state index in [2.05, 4.69) is 44.5 Å². The maximum atomic E-state index is 4.39. The van der Waals surface area contributed by atoms with Crippen LogP contribution in [-0.2, 0) is 0 Å². The lowest BCUT2D eigenvalue weighted by atomic mass is 10.0. The molecule has 7 heteroatoms. The molecule has 2 rings (SSSR count). The van der Waals surface area contributed by atoms with Crippen LogP contribution in [0.5, 0.6) is 0 Å². The molecule has 2 aromatic heterocycles. The average Bonchev–Trinajstić information content (AvgIpc) is 3.02. The molecule has 0 saturated heterocycles. The summed E-state index contributed by atoms with van der Waals surface area (Å²) in [4.78, 5) is 13.0. The minimum absolute atomic E-state index is 0.501. The summed E-state index contributed by atoms with van der Waals surface area (Å²) in [6.45, 7) is 5.24. The fourth-order valence-electron chi connectivity index (χ4n) is 1.86. The highest BCUT2D eigenvalue weighted by atomic mass is 15.4. The summed E-state index contributed by atoms with van der Waals surface area (Å²) in [6, 6.07) is 1.83.